The van der Waals surface area contributed by atoms with Gasteiger partial charge in [-0.15, -0.1) is 0 Å². The molecule has 0 fully saturated rings. The molecule has 0 atom stereocenters. The van der Waals surface area contributed by atoms with Crippen LogP contribution in [0.4, 0.5) is 0 Å². The van der Waals surface area contributed by atoms with E-state index >= 15 is 0 Å². The zero-order valence-electron chi connectivity index (χ0n) is 9.38. The molecule has 4 heteroatoms. The van der Waals surface area contributed by atoms with Crippen LogP contribution in [0.1, 0.15) is 5.56 Å². The first-order chi connectivity index (χ1) is 8.31. The van der Waals surface area contributed by atoms with E-state index in [0.29, 0.717) is 0 Å². The Bertz CT molecular complexity index is 530. The van der Waals surface area contributed by atoms with Gasteiger partial charge in [-0.25, -0.2) is 9.78 Å². The minimum Gasteiger partial charge on any atom is -0.466 e. The number of hydrogen-bond acceptors (Lipinski definition) is 3. The summed E-state index contributed by atoms with van der Waals surface area (Å²) in [7, 11) is 1.35. The Morgan fingerprint density at radius 2 is 2.24 bits per heavy atom. The number of ether oxygens (including phenoxy) is 1. The molecule has 1 aromatic carbocycles. The van der Waals surface area contributed by atoms with E-state index in [1.54, 1.807) is 18.5 Å². The second-order valence-electron chi connectivity index (χ2n) is 3.38. The van der Waals surface area contributed by atoms with Gasteiger partial charge >= 0.3 is 5.97 Å². The molecule has 2 rings (SSSR count). The fraction of sp³-hybridized carbons (Fsp3) is 0.0769. The standard InChI is InChI=1S/C13H12N2O2/c1-17-12(16)7-6-10-4-2-3-5-11(10)13-14-8-9-15-13/h2-9H,1H3,(H,14,15). The first-order valence-electron chi connectivity index (χ1n) is 5.16. The number of carbonyl (C=O) groups excluding carboxylic acids is 1. The molecule has 0 saturated heterocycles. The Morgan fingerprint density at radius 3 is 2.94 bits per heavy atom. The van der Waals surface area contributed by atoms with Gasteiger partial charge in [0.2, 0.25) is 0 Å². The van der Waals surface area contributed by atoms with Crippen LogP contribution in [-0.4, -0.2) is 23.0 Å². The lowest BCUT2D eigenvalue weighted by molar-refractivity contribution is -0.134. The van der Waals surface area contributed by atoms with Gasteiger partial charge in [0.1, 0.15) is 5.82 Å². The molecule has 0 aliphatic rings. The normalized spacial score (nSPS) is 10.6. The van der Waals surface area contributed by atoms with Gasteiger partial charge in [-0.2, -0.15) is 0 Å². The van der Waals surface area contributed by atoms with Gasteiger partial charge in [-0.3, -0.25) is 0 Å². The second-order valence-corrected chi connectivity index (χ2v) is 3.38. The highest BCUT2D eigenvalue weighted by Gasteiger charge is 2.04. The summed E-state index contributed by atoms with van der Waals surface area (Å²) in [4.78, 5) is 18.3. The monoisotopic (exact) mass is 228 g/mol. The van der Waals surface area contributed by atoms with E-state index in [0.717, 1.165) is 17.0 Å². The number of nitrogens with zero attached hydrogens (tertiary/aromatic N) is 1. The smallest absolute Gasteiger partial charge is 0.330 e. The third-order valence-electron chi connectivity index (χ3n) is 2.31. The van der Waals surface area contributed by atoms with Gasteiger partial charge in [-0.1, -0.05) is 24.3 Å². The van der Waals surface area contributed by atoms with Crippen LogP contribution in [0.3, 0.4) is 0 Å². The molecule has 1 heterocycles. The van der Waals surface area contributed by atoms with Crippen LogP contribution in [0.5, 0.6) is 0 Å². The maximum Gasteiger partial charge on any atom is 0.330 e. The highest BCUT2D eigenvalue weighted by molar-refractivity contribution is 5.88. The van der Waals surface area contributed by atoms with Gasteiger partial charge in [-0.05, 0) is 11.6 Å². The number of methoxy groups -OCH3 is 1. The molecule has 0 aliphatic carbocycles. The van der Waals surface area contributed by atoms with E-state index in [9.17, 15) is 4.79 Å². The number of rotatable bonds is 3. The van der Waals surface area contributed by atoms with Crippen LogP contribution in [0.15, 0.2) is 42.7 Å². The average molecular weight is 228 g/mol. The molecule has 0 aliphatic heterocycles. The predicted octanol–water partition coefficient (Wildman–Crippen LogP) is 2.26. The Hall–Kier alpha value is -2.36. The number of hydrogen-bond donors (Lipinski definition) is 1. The van der Waals surface area contributed by atoms with Crippen molar-refractivity contribution in [2.24, 2.45) is 0 Å². The first-order valence-corrected chi connectivity index (χ1v) is 5.16. The maximum atomic E-state index is 11.1. The summed E-state index contributed by atoms with van der Waals surface area (Å²) >= 11 is 0. The molecule has 86 valence electrons. The molecule has 0 radical (unpaired) electrons. The molecule has 2 aromatic rings. The number of carbonyl (C=O) groups is 1. The van der Waals surface area contributed by atoms with Crippen LogP contribution in [0.2, 0.25) is 0 Å². The number of benzene rings is 1. The lowest BCUT2D eigenvalue weighted by Gasteiger charge is -2.02. The Labute approximate surface area is 99.0 Å². The summed E-state index contributed by atoms with van der Waals surface area (Å²) in [6, 6.07) is 7.68. The van der Waals surface area contributed by atoms with Gasteiger partial charge in [0.25, 0.3) is 0 Å². The van der Waals surface area contributed by atoms with Crippen molar-refractivity contribution in [3.8, 4) is 11.4 Å². The quantitative estimate of drug-likeness (QED) is 0.647. The van der Waals surface area contributed by atoms with Crippen LogP contribution in [0, 0.1) is 0 Å². The minimum absolute atomic E-state index is 0.376. The second kappa shape index (κ2) is 5.12. The van der Waals surface area contributed by atoms with Crippen LogP contribution < -0.4 is 0 Å². The SMILES string of the molecule is COC(=O)C=Cc1ccccc1-c1ncc[nH]1. The number of imidazole rings is 1. The van der Waals surface area contributed by atoms with E-state index in [2.05, 4.69) is 14.7 Å². The molecular weight excluding hydrogens is 216 g/mol. The highest BCUT2D eigenvalue weighted by atomic mass is 16.5. The molecule has 1 aromatic heterocycles. The maximum absolute atomic E-state index is 11.1. The van der Waals surface area contributed by atoms with Crippen molar-refractivity contribution >= 4 is 12.0 Å². The molecule has 0 saturated carbocycles. The van der Waals surface area contributed by atoms with Crippen molar-refractivity contribution in [1.82, 2.24) is 9.97 Å². The van der Waals surface area contributed by atoms with E-state index < -0.39 is 0 Å². The van der Waals surface area contributed by atoms with Crippen LogP contribution >= 0.6 is 0 Å². The van der Waals surface area contributed by atoms with Crippen LogP contribution in [-0.2, 0) is 9.53 Å². The Kier molecular flexibility index (Phi) is 3.35. The van der Waals surface area contributed by atoms with E-state index in [1.807, 2.05) is 24.3 Å². The van der Waals surface area contributed by atoms with Crippen LogP contribution in [0.25, 0.3) is 17.5 Å². The summed E-state index contributed by atoms with van der Waals surface area (Å²) in [6.07, 6.45) is 6.55. The number of H-pyrrole nitrogens is 1. The first kappa shape index (κ1) is 11.1. The number of esters is 1. The number of aromatic nitrogens is 2. The summed E-state index contributed by atoms with van der Waals surface area (Å²) in [5, 5.41) is 0. The third kappa shape index (κ3) is 2.60. The van der Waals surface area contributed by atoms with Gasteiger partial charge in [0.15, 0.2) is 0 Å². The third-order valence-corrected chi connectivity index (χ3v) is 2.31. The summed E-state index contributed by atoms with van der Waals surface area (Å²) in [5.74, 6) is 0.398. The lowest BCUT2D eigenvalue weighted by atomic mass is 10.1. The average Bonchev–Trinajstić information content (AvgIpc) is 2.90. The zero-order chi connectivity index (χ0) is 12.1. The van der Waals surface area contributed by atoms with Crippen molar-refractivity contribution in [3.63, 3.8) is 0 Å². The molecule has 0 spiro atoms. The van der Waals surface area contributed by atoms with Gasteiger partial charge < -0.3 is 9.72 Å². The largest absolute Gasteiger partial charge is 0.466 e. The van der Waals surface area contributed by atoms with Crippen molar-refractivity contribution in [3.05, 3.63) is 48.3 Å². The van der Waals surface area contributed by atoms with E-state index in [-0.39, 0.29) is 5.97 Å². The summed E-state index contributed by atoms with van der Waals surface area (Å²) < 4.78 is 4.55. The van der Waals surface area contributed by atoms with Crippen molar-refractivity contribution in [2.75, 3.05) is 7.11 Å². The van der Waals surface area contributed by atoms with Gasteiger partial charge in [0, 0.05) is 24.0 Å². The molecule has 4 nitrogen and oxygen atoms in total. The fourth-order valence-corrected chi connectivity index (χ4v) is 1.50. The van der Waals surface area contributed by atoms with Crippen molar-refractivity contribution < 1.29 is 9.53 Å². The van der Waals surface area contributed by atoms with E-state index in [1.165, 1.54) is 13.2 Å². The Balaban J connectivity index is 2.35. The lowest BCUT2D eigenvalue weighted by Crippen LogP contribution is -1.93. The summed E-state index contributed by atoms with van der Waals surface area (Å²) in [6.45, 7) is 0. The topological polar surface area (TPSA) is 55.0 Å². The van der Waals surface area contributed by atoms with E-state index in [4.69, 9.17) is 0 Å². The van der Waals surface area contributed by atoms with Crippen molar-refractivity contribution in [2.45, 2.75) is 0 Å². The molecule has 0 bridgehead atoms. The fourth-order valence-electron chi connectivity index (χ4n) is 1.50. The van der Waals surface area contributed by atoms with Crippen molar-refractivity contribution in [1.29, 1.82) is 0 Å². The molecule has 1 N–H and O–H groups in total. The molecular formula is C13H12N2O2. The predicted molar refractivity (Wildman–Crippen MR) is 65.1 cm³/mol. The zero-order valence-corrected chi connectivity index (χ0v) is 9.38. The molecule has 17 heavy (non-hydrogen) atoms. The number of aromatic amines is 1. The minimum atomic E-state index is -0.376. The van der Waals surface area contributed by atoms with Gasteiger partial charge in [0.05, 0.1) is 7.11 Å². The Morgan fingerprint density at radius 1 is 1.41 bits per heavy atom. The number of nitrogens with one attached hydrogen (secondary N) is 1. The highest BCUT2D eigenvalue weighted by Crippen LogP contribution is 2.20. The molecule has 0 amide bonds. The summed E-state index contributed by atoms with van der Waals surface area (Å²) in [5.41, 5.74) is 1.85. The molecule has 0 unspecified atom stereocenters.